The van der Waals surface area contributed by atoms with Gasteiger partial charge in [0.05, 0.1) is 0 Å². The van der Waals surface area contributed by atoms with Crippen LogP contribution in [0.4, 0.5) is 0 Å². The molecule has 6 heteroatoms. The summed E-state index contributed by atoms with van der Waals surface area (Å²) in [6, 6.07) is 0.311. The van der Waals surface area contributed by atoms with Crippen LogP contribution < -0.4 is 10.6 Å². The van der Waals surface area contributed by atoms with Crippen molar-refractivity contribution in [2.24, 2.45) is 0 Å². The summed E-state index contributed by atoms with van der Waals surface area (Å²) in [6.07, 6.45) is 1.97. The van der Waals surface area contributed by atoms with Crippen molar-refractivity contribution < 1.29 is 0 Å². The Kier molecular flexibility index (Phi) is 9.06. The van der Waals surface area contributed by atoms with E-state index in [1.807, 2.05) is 6.26 Å². The molecule has 0 aromatic carbocycles. The molecule has 2 N–H and O–H groups in total. The number of hydrogen-bond acceptors (Lipinski definition) is 4. The van der Waals surface area contributed by atoms with E-state index >= 15 is 0 Å². The number of hydrogen-bond donors (Lipinski definition) is 2. The Bertz CT molecular complexity index is 196. The highest BCUT2D eigenvalue weighted by atomic mass is 32.2. The zero-order chi connectivity index (χ0) is 11.0. The van der Waals surface area contributed by atoms with Crippen LogP contribution in [0.2, 0.25) is 0 Å². The lowest BCUT2D eigenvalue weighted by atomic mass is 10.3. The van der Waals surface area contributed by atoms with Crippen LogP contribution in [0.25, 0.3) is 0 Å². The largest absolute Gasteiger partial charge is 0.369 e. The summed E-state index contributed by atoms with van der Waals surface area (Å²) in [5.41, 5.74) is 0. The van der Waals surface area contributed by atoms with Crippen molar-refractivity contribution in [1.82, 2.24) is 10.6 Å². The molecule has 0 fully saturated rings. The Labute approximate surface area is 105 Å². The van der Waals surface area contributed by atoms with E-state index in [-0.39, 0.29) is 0 Å². The van der Waals surface area contributed by atoms with Crippen LogP contribution in [0.1, 0.15) is 13.8 Å². The first-order valence-corrected chi connectivity index (χ1v) is 7.38. The molecule has 0 aliphatic rings. The minimum atomic E-state index is 0.311. The first kappa shape index (κ1) is 14.5. The second-order valence-corrected chi connectivity index (χ2v) is 6.06. The van der Waals surface area contributed by atoms with Gasteiger partial charge in [-0.3, -0.25) is 0 Å². The van der Waals surface area contributed by atoms with Crippen molar-refractivity contribution in [1.29, 1.82) is 0 Å². The van der Waals surface area contributed by atoms with E-state index in [0.717, 1.165) is 20.9 Å². The molecule has 82 valence electrons. The lowest BCUT2D eigenvalue weighted by molar-refractivity contribution is 0.652. The van der Waals surface area contributed by atoms with Crippen LogP contribution in [0.3, 0.4) is 0 Å². The standard InChI is InChI=1S/C8H16N2S4/c1-4-14-7(11)9-5-6(2)10-8(12)13-3/h6H,4-5H2,1-3H3,(H,9,11)(H,10,12). The first-order valence-electron chi connectivity index (χ1n) is 4.35. The van der Waals surface area contributed by atoms with Gasteiger partial charge in [-0.15, -0.1) is 11.8 Å². The number of rotatable bonds is 4. The van der Waals surface area contributed by atoms with Crippen molar-refractivity contribution in [3.63, 3.8) is 0 Å². The Morgan fingerprint density at radius 3 is 2.50 bits per heavy atom. The van der Waals surface area contributed by atoms with Crippen LogP contribution in [0, 0.1) is 0 Å². The third-order valence-corrected chi connectivity index (χ3v) is 3.68. The lowest BCUT2D eigenvalue weighted by Gasteiger charge is -2.15. The van der Waals surface area contributed by atoms with Gasteiger partial charge < -0.3 is 10.6 Å². The Morgan fingerprint density at radius 1 is 1.36 bits per heavy atom. The molecule has 1 atom stereocenters. The van der Waals surface area contributed by atoms with Crippen molar-refractivity contribution >= 4 is 56.6 Å². The Hall–Kier alpha value is 0.480. The first-order chi connectivity index (χ1) is 6.60. The summed E-state index contributed by atoms with van der Waals surface area (Å²) >= 11 is 13.4. The normalized spacial score (nSPS) is 11.9. The lowest BCUT2D eigenvalue weighted by Crippen LogP contribution is -2.39. The molecule has 0 aliphatic carbocycles. The van der Waals surface area contributed by atoms with Gasteiger partial charge in [0.15, 0.2) is 0 Å². The smallest absolute Gasteiger partial charge is 0.133 e. The molecule has 1 unspecified atom stereocenters. The summed E-state index contributed by atoms with van der Waals surface area (Å²) in [5.74, 6) is 1.01. The van der Waals surface area contributed by atoms with E-state index in [4.69, 9.17) is 24.4 Å². The summed E-state index contributed by atoms with van der Waals surface area (Å²) in [5, 5.41) is 6.37. The Balaban J connectivity index is 3.57. The molecule has 0 aromatic heterocycles. The fourth-order valence-electron chi connectivity index (χ4n) is 0.730. The molecule has 0 bridgehead atoms. The average Bonchev–Trinajstić information content (AvgIpc) is 2.15. The highest BCUT2D eigenvalue weighted by Gasteiger charge is 2.03. The fraction of sp³-hybridized carbons (Fsp3) is 0.750. The summed E-state index contributed by atoms with van der Waals surface area (Å²) in [4.78, 5) is 0. The number of nitrogens with one attached hydrogen (secondary N) is 2. The average molecular weight is 268 g/mol. The van der Waals surface area contributed by atoms with Gasteiger partial charge in [0.2, 0.25) is 0 Å². The molecule has 2 nitrogen and oxygen atoms in total. The van der Waals surface area contributed by atoms with Crippen molar-refractivity contribution in [2.75, 3.05) is 18.6 Å². The maximum atomic E-state index is 5.10. The van der Waals surface area contributed by atoms with Crippen LogP contribution in [-0.2, 0) is 0 Å². The monoisotopic (exact) mass is 268 g/mol. The van der Waals surface area contributed by atoms with Crippen molar-refractivity contribution in [3.05, 3.63) is 0 Å². The molecule has 0 spiro atoms. The van der Waals surface area contributed by atoms with Crippen LogP contribution in [0.15, 0.2) is 0 Å². The van der Waals surface area contributed by atoms with Crippen LogP contribution in [-0.4, -0.2) is 33.2 Å². The third-order valence-electron chi connectivity index (χ3n) is 1.38. The van der Waals surface area contributed by atoms with Gasteiger partial charge in [0.1, 0.15) is 8.64 Å². The maximum absolute atomic E-state index is 5.10. The Morgan fingerprint density at radius 2 is 2.00 bits per heavy atom. The van der Waals surface area contributed by atoms with Gasteiger partial charge in [0.25, 0.3) is 0 Å². The zero-order valence-corrected chi connectivity index (χ0v) is 11.9. The summed E-state index contributed by atoms with van der Waals surface area (Å²) in [7, 11) is 0. The molecule has 0 saturated heterocycles. The van der Waals surface area contributed by atoms with Gasteiger partial charge in [0, 0.05) is 12.6 Å². The zero-order valence-electron chi connectivity index (χ0n) is 8.62. The maximum Gasteiger partial charge on any atom is 0.133 e. The minimum absolute atomic E-state index is 0.311. The van der Waals surface area contributed by atoms with E-state index in [9.17, 15) is 0 Å². The predicted octanol–water partition coefficient (Wildman–Crippen LogP) is 2.24. The fourth-order valence-corrected chi connectivity index (χ4v) is 2.13. The van der Waals surface area contributed by atoms with E-state index in [2.05, 4.69) is 24.5 Å². The van der Waals surface area contributed by atoms with Crippen LogP contribution >= 0.6 is 48.0 Å². The third kappa shape index (κ3) is 7.84. The molecule has 0 saturated carbocycles. The van der Waals surface area contributed by atoms with Gasteiger partial charge >= 0.3 is 0 Å². The molecular weight excluding hydrogens is 252 g/mol. The van der Waals surface area contributed by atoms with E-state index in [1.165, 1.54) is 0 Å². The summed E-state index contributed by atoms with van der Waals surface area (Å²) in [6.45, 7) is 4.98. The molecule has 0 aromatic rings. The van der Waals surface area contributed by atoms with Gasteiger partial charge in [-0.2, -0.15) is 0 Å². The molecule has 0 rings (SSSR count). The minimum Gasteiger partial charge on any atom is -0.369 e. The SMILES string of the molecule is CCSC(=S)NCC(C)NC(=S)SC. The van der Waals surface area contributed by atoms with E-state index in [1.54, 1.807) is 23.5 Å². The van der Waals surface area contributed by atoms with Gasteiger partial charge in [-0.05, 0) is 18.9 Å². The second-order valence-electron chi connectivity index (χ2n) is 2.64. The second kappa shape index (κ2) is 8.76. The topological polar surface area (TPSA) is 24.1 Å². The molecule has 0 heterocycles. The quantitative estimate of drug-likeness (QED) is 0.759. The highest BCUT2D eigenvalue weighted by Crippen LogP contribution is 2.00. The van der Waals surface area contributed by atoms with Gasteiger partial charge in [-0.25, -0.2) is 0 Å². The summed E-state index contributed by atoms with van der Waals surface area (Å²) < 4.78 is 1.68. The molecule has 0 amide bonds. The molecule has 0 aliphatic heterocycles. The molecular formula is C8H16N2S4. The van der Waals surface area contributed by atoms with E-state index < -0.39 is 0 Å². The molecule has 0 radical (unpaired) electrons. The van der Waals surface area contributed by atoms with Gasteiger partial charge in [-0.1, -0.05) is 43.1 Å². The van der Waals surface area contributed by atoms with Crippen molar-refractivity contribution in [2.45, 2.75) is 19.9 Å². The number of thioether (sulfide) groups is 2. The van der Waals surface area contributed by atoms with Crippen LogP contribution in [0.5, 0.6) is 0 Å². The number of thiocarbonyl (C=S) groups is 2. The van der Waals surface area contributed by atoms with E-state index in [0.29, 0.717) is 6.04 Å². The predicted molar refractivity (Wildman–Crippen MR) is 77.4 cm³/mol. The highest BCUT2D eigenvalue weighted by molar-refractivity contribution is 8.23. The van der Waals surface area contributed by atoms with Crippen molar-refractivity contribution in [3.8, 4) is 0 Å². The molecule has 14 heavy (non-hydrogen) atoms.